The third kappa shape index (κ3) is 9.08. The second-order valence-corrected chi connectivity index (χ2v) is 8.95. The normalized spacial score (nSPS) is 14.8. The average Bonchev–Trinajstić information content (AvgIpc) is 3.27. The van der Waals surface area contributed by atoms with Crippen LogP contribution in [0.25, 0.3) is 10.9 Å². The van der Waals surface area contributed by atoms with E-state index in [9.17, 15) is 44.1 Å². The zero-order valence-electron chi connectivity index (χ0n) is 21.0. The molecule has 39 heavy (non-hydrogen) atoms. The third-order valence-electron chi connectivity index (χ3n) is 5.86. The molecule has 0 aliphatic rings. The summed E-state index contributed by atoms with van der Waals surface area (Å²) in [7, 11) is 0. The van der Waals surface area contributed by atoms with Crippen LogP contribution in [0.1, 0.15) is 31.7 Å². The second-order valence-electron chi connectivity index (χ2n) is 8.95. The van der Waals surface area contributed by atoms with Crippen molar-refractivity contribution < 1.29 is 44.1 Å². The molecule has 0 fully saturated rings. The van der Waals surface area contributed by atoms with Gasteiger partial charge < -0.3 is 47.7 Å². The van der Waals surface area contributed by atoms with Gasteiger partial charge in [0.25, 0.3) is 0 Å². The van der Waals surface area contributed by atoms with E-state index in [0.29, 0.717) is 5.56 Å². The van der Waals surface area contributed by atoms with E-state index in [1.54, 1.807) is 30.5 Å². The maximum absolute atomic E-state index is 13.0. The lowest BCUT2D eigenvalue weighted by molar-refractivity contribution is -0.143. The summed E-state index contributed by atoms with van der Waals surface area (Å²) in [4.78, 5) is 75.7. The summed E-state index contributed by atoms with van der Waals surface area (Å²) in [6.45, 7) is 1.24. The van der Waals surface area contributed by atoms with E-state index >= 15 is 0 Å². The van der Waals surface area contributed by atoms with E-state index in [0.717, 1.165) is 10.9 Å². The lowest BCUT2D eigenvalue weighted by atomic mass is 10.0. The molecule has 11 N–H and O–H groups in total. The minimum atomic E-state index is -1.74. The highest BCUT2D eigenvalue weighted by atomic mass is 16.4. The van der Waals surface area contributed by atoms with E-state index in [1.165, 1.54) is 6.92 Å². The van der Waals surface area contributed by atoms with Gasteiger partial charge in [0.1, 0.15) is 24.2 Å². The fourth-order valence-corrected chi connectivity index (χ4v) is 3.69. The number of hydrogen-bond donors (Lipinski definition) is 9. The van der Waals surface area contributed by atoms with Crippen molar-refractivity contribution in [2.24, 2.45) is 11.5 Å². The standard InChI is InChI=1S/C24H32N6O9/c1-11(31)20(26)23(37)28-15(6-7-18(25)32)21(35)29-16(9-19(33)34)22(36)30-17(24(38)39)8-12-10-27-14-5-3-2-4-13(12)14/h2-5,10-11,15-17,20,27,31H,6-9,26H2,1H3,(H2,25,32)(H,28,37)(H,29,35)(H,30,36)(H,33,34)(H,38,39). The van der Waals surface area contributed by atoms with E-state index in [4.69, 9.17) is 11.5 Å². The molecule has 5 atom stereocenters. The Hall–Kier alpha value is -4.50. The zero-order valence-corrected chi connectivity index (χ0v) is 21.0. The number of amides is 4. The maximum atomic E-state index is 13.0. The number of carboxylic acid groups (broad SMARTS) is 2. The fraction of sp³-hybridized carbons (Fsp3) is 0.417. The lowest BCUT2D eigenvalue weighted by Crippen LogP contribution is -2.58. The SMILES string of the molecule is CC(O)C(N)C(=O)NC(CCC(N)=O)C(=O)NC(CC(=O)O)C(=O)NC(Cc1c[nH]c2ccccc12)C(=O)O. The van der Waals surface area contributed by atoms with Crippen LogP contribution in [-0.4, -0.2) is 86.1 Å². The summed E-state index contributed by atoms with van der Waals surface area (Å²) in [6, 6.07) is 0.987. The Kier molecular flexibility index (Phi) is 10.9. The van der Waals surface area contributed by atoms with Crippen LogP contribution in [0.3, 0.4) is 0 Å². The van der Waals surface area contributed by atoms with Crippen LogP contribution in [0.2, 0.25) is 0 Å². The number of nitrogens with two attached hydrogens (primary N) is 2. The summed E-state index contributed by atoms with van der Waals surface area (Å²) in [5.74, 6) is -6.77. The predicted molar refractivity (Wildman–Crippen MR) is 136 cm³/mol. The van der Waals surface area contributed by atoms with Gasteiger partial charge in [0.2, 0.25) is 23.6 Å². The van der Waals surface area contributed by atoms with Crippen LogP contribution < -0.4 is 27.4 Å². The predicted octanol–water partition coefficient (Wildman–Crippen LogP) is -2.30. The number of rotatable bonds is 15. The van der Waals surface area contributed by atoms with Gasteiger partial charge in [0, 0.05) is 29.9 Å². The smallest absolute Gasteiger partial charge is 0.326 e. The van der Waals surface area contributed by atoms with Crippen LogP contribution in [0.4, 0.5) is 0 Å². The molecule has 0 spiro atoms. The Morgan fingerprint density at radius 1 is 0.923 bits per heavy atom. The van der Waals surface area contributed by atoms with Gasteiger partial charge in [-0.05, 0) is 25.0 Å². The van der Waals surface area contributed by atoms with Gasteiger partial charge in [-0.15, -0.1) is 0 Å². The molecule has 1 aromatic carbocycles. The number of carboxylic acids is 2. The molecule has 0 bridgehead atoms. The summed E-state index contributed by atoms with van der Waals surface area (Å²) in [5.41, 5.74) is 12.0. The Labute approximate surface area is 222 Å². The highest BCUT2D eigenvalue weighted by Gasteiger charge is 2.32. The van der Waals surface area contributed by atoms with Crippen molar-refractivity contribution >= 4 is 46.5 Å². The minimum Gasteiger partial charge on any atom is -0.481 e. The summed E-state index contributed by atoms with van der Waals surface area (Å²) >= 11 is 0. The van der Waals surface area contributed by atoms with Crippen LogP contribution in [0, 0.1) is 0 Å². The summed E-state index contributed by atoms with van der Waals surface area (Å²) < 4.78 is 0. The van der Waals surface area contributed by atoms with E-state index < -0.39 is 72.3 Å². The van der Waals surface area contributed by atoms with Crippen molar-refractivity contribution in [1.82, 2.24) is 20.9 Å². The number of aliphatic hydroxyl groups excluding tert-OH is 1. The van der Waals surface area contributed by atoms with Crippen LogP contribution in [-0.2, 0) is 35.2 Å². The number of fused-ring (bicyclic) bond motifs is 1. The van der Waals surface area contributed by atoms with Crippen molar-refractivity contribution in [2.45, 2.75) is 62.9 Å². The largest absolute Gasteiger partial charge is 0.481 e. The first-order valence-electron chi connectivity index (χ1n) is 11.9. The number of hydrogen-bond acceptors (Lipinski definition) is 8. The number of aliphatic carboxylic acids is 2. The summed E-state index contributed by atoms with van der Waals surface area (Å²) in [5, 5.41) is 35.9. The van der Waals surface area contributed by atoms with Gasteiger partial charge in [-0.25, -0.2) is 4.79 Å². The van der Waals surface area contributed by atoms with Crippen molar-refractivity contribution in [3.05, 3.63) is 36.0 Å². The molecule has 0 aliphatic carbocycles. The molecule has 0 saturated heterocycles. The number of benzene rings is 1. The lowest BCUT2D eigenvalue weighted by Gasteiger charge is -2.25. The van der Waals surface area contributed by atoms with Gasteiger partial charge in [0.05, 0.1) is 12.5 Å². The molecule has 2 rings (SSSR count). The summed E-state index contributed by atoms with van der Waals surface area (Å²) in [6.07, 6.45) is -1.43. The van der Waals surface area contributed by atoms with Gasteiger partial charge in [0.15, 0.2) is 0 Å². The monoisotopic (exact) mass is 548 g/mol. The molecule has 212 valence electrons. The number of aromatic amines is 1. The van der Waals surface area contributed by atoms with Gasteiger partial charge >= 0.3 is 11.9 Å². The van der Waals surface area contributed by atoms with Crippen LogP contribution in [0.5, 0.6) is 0 Å². The molecule has 1 heterocycles. The zero-order chi connectivity index (χ0) is 29.3. The van der Waals surface area contributed by atoms with Crippen molar-refractivity contribution in [2.75, 3.05) is 0 Å². The highest BCUT2D eigenvalue weighted by Crippen LogP contribution is 2.19. The molecule has 0 saturated carbocycles. The first kappa shape index (κ1) is 30.7. The van der Waals surface area contributed by atoms with Gasteiger partial charge in [-0.2, -0.15) is 0 Å². The van der Waals surface area contributed by atoms with E-state index in [-0.39, 0.29) is 19.3 Å². The van der Waals surface area contributed by atoms with Crippen molar-refractivity contribution in [3.63, 3.8) is 0 Å². The quantitative estimate of drug-likeness (QED) is 0.115. The maximum Gasteiger partial charge on any atom is 0.326 e. The number of carbonyl (C=O) groups is 6. The molecule has 0 radical (unpaired) electrons. The molecular weight excluding hydrogens is 516 g/mol. The minimum absolute atomic E-state index is 0.145. The first-order chi connectivity index (χ1) is 18.3. The number of H-pyrrole nitrogens is 1. The molecule has 1 aromatic heterocycles. The topological polar surface area (TPSA) is 267 Å². The molecule has 15 nitrogen and oxygen atoms in total. The van der Waals surface area contributed by atoms with E-state index in [2.05, 4.69) is 20.9 Å². The van der Waals surface area contributed by atoms with Gasteiger partial charge in [-0.3, -0.25) is 24.0 Å². The number of nitrogens with one attached hydrogen (secondary N) is 4. The van der Waals surface area contributed by atoms with Crippen LogP contribution >= 0.6 is 0 Å². The molecule has 4 amide bonds. The Bertz CT molecular complexity index is 1230. The fourth-order valence-electron chi connectivity index (χ4n) is 3.69. The van der Waals surface area contributed by atoms with Crippen LogP contribution in [0.15, 0.2) is 30.5 Å². The second kappa shape index (κ2) is 13.9. The number of carbonyl (C=O) groups excluding carboxylic acids is 4. The van der Waals surface area contributed by atoms with Gasteiger partial charge in [-0.1, -0.05) is 18.2 Å². The molecule has 2 aromatic rings. The number of primary amides is 1. The number of aliphatic hydroxyl groups is 1. The molecule has 0 aliphatic heterocycles. The molecule has 15 heteroatoms. The third-order valence-corrected chi connectivity index (χ3v) is 5.86. The Morgan fingerprint density at radius 3 is 2.10 bits per heavy atom. The van der Waals surface area contributed by atoms with Crippen molar-refractivity contribution in [3.8, 4) is 0 Å². The first-order valence-corrected chi connectivity index (χ1v) is 11.9. The number of aromatic nitrogens is 1. The number of para-hydroxylation sites is 1. The highest BCUT2D eigenvalue weighted by molar-refractivity contribution is 5.96. The average molecular weight is 549 g/mol. The van der Waals surface area contributed by atoms with E-state index in [1.807, 2.05) is 0 Å². The molecule has 5 unspecified atom stereocenters. The Morgan fingerprint density at radius 2 is 1.51 bits per heavy atom. The van der Waals surface area contributed by atoms with Crippen molar-refractivity contribution in [1.29, 1.82) is 0 Å². The molecular formula is C24H32N6O9. The Balaban J connectivity index is 2.20.